The van der Waals surface area contributed by atoms with Crippen LogP contribution in [0.3, 0.4) is 0 Å². The summed E-state index contributed by atoms with van der Waals surface area (Å²) in [6.07, 6.45) is 2.79. The highest BCUT2D eigenvalue weighted by atomic mass is 35.5. The van der Waals surface area contributed by atoms with E-state index in [1.807, 2.05) is 0 Å². The fraction of sp³-hybridized carbons (Fsp3) is 0.214. The maximum absolute atomic E-state index is 13.5. The van der Waals surface area contributed by atoms with Gasteiger partial charge in [0.25, 0.3) is 0 Å². The number of hydrogen-bond donors (Lipinski definition) is 2. The molecule has 7 nitrogen and oxygen atoms in total. The molecule has 0 aliphatic carbocycles. The minimum absolute atomic E-state index is 0.00244. The van der Waals surface area contributed by atoms with Crippen LogP contribution in [0, 0.1) is 17.6 Å². The number of rotatable bonds is 7. The van der Waals surface area contributed by atoms with Crippen molar-refractivity contribution in [3.05, 3.63) is 101 Å². The Bertz CT molecular complexity index is 1560. The predicted molar refractivity (Wildman–Crippen MR) is 147 cm³/mol. The van der Waals surface area contributed by atoms with Crippen LogP contribution in [-0.2, 0) is 10.0 Å². The zero-order valence-electron chi connectivity index (χ0n) is 20.8. The van der Waals surface area contributed by atoms with E-state index in [1.165, 1.54) is 40.7 Å². The van der Waals surface area contributed by atoms with Crippen molar-refractivity contribution in [1.29, 1.82) is 0 Å². The molecule has 0 spiro atoms. The quantitative estimate of drug-likeness (QED) is 0.286. The normalized spacial score (nSPS) is 15.7. The van der Waals surface area contributed by atoms with E-state index in [1.54, 1.807) is 42.6 Å². The number of halogens is 3. The van der Waals surface area contributed by atoms with Gasteiger partial charge in [0.1, 0.15) is 11.6 Å². The first-order valence-electron chi connectivity index (χ1n) is 12.4. The van der Waals surface area contributed by atoms with Gasteiger partial charge in [-0.2, -0.15) is 4.31 Å². The Labute approximate surface area is 230 Å². The Balaban J connectivity index is 1.23. The molecular formula is C28H26ClF2N5O2S. The zero-order chi connectivity index (χ0) is 27.6. The second-order valence-corrected chi connectivity index (χ2v) is 11.7. The van der Waals surface area contributed by atoms with Crippen LogP contribution in [0.25, 0.3) is 11.3 Å². The Morgan fingerprint density at radius 1 is 0.974 bits per heavy atom. The average Bonchev–Trinajstić information content (AvgIpc) is 2.95. The van der Waals surface area contributed by atoms with Crippen LogP contribution in [0.2, 0.25) is 5.02 Å². The van der Waals surface area contributed by atoms with E-state index in [0.29, 0.717) is 48.8 Å². The minimum atomic E-state index is -3.68. The summed E-state index contributed by atoms with van der Waals surface area (Å²) >= 11 is 5.89. The van der Waals surface area contributed by atoms with Gasteiger partial charge in [0, 0.05) is 36.6 Å². The molecule has 5 rings (SSSR count). The summed E-state index contributed by atoms with van der Waals surface area (Å²) < 4.78 is 54.7. The van der Waals surface area contributed by atoms with Crippen LogP contribution < -0.4 is 11.1 Å². The lowest BCUT2D eigenvalue weighted by Crippen LogP contribution is -2.40. The highest BCUT2D eigenvalue weighted by molar-refractivity contribution is 7.89. The lowest BCUT2D eigenvalue weighted by atomic mass is 9.86. The van der Waals surface area contributed by atoms with Crippen LogP contribution in [0.15, 0.2) is 83.9 Å². The number of hydrogen-bond acceptors (Lipinski definition) is 6. The molecule has 0 amide bonds. The predicted octanol–water partition coefficient (Wildman–Crippen LogP) is 5.92. The first kappa shape index (κ1) is 27.1. The molecule has 1 aliphatic rings. The molecule has 3 N–H and O–H groups in total. The Morgan fingerprint density at radius 2 is 1.67 bits per heavy atom. The molecule has 0 bridgehead atoms. The molecule has 1 saturated heterocycles. The van der Waals surface area contributed by atoms with Crippen LogP contribution in [0.5, 0.6) is 0 Å². The van der Waals surface area contributed by atoms with Crippen molar-refractivity contribution in [2.75, 3.05) is 18.4 Å². The van der Waals surface area contributed by atoms with E-state index >= 15 is 0 Å². The second-order valence-electron chi connectivity index (χ2n) is 9.36. The van der Waals surface area contributed by atoms with Crippen molar-refractivity contribution in [2.24, 2.45) is 11.7 Å². The molecule has 39 heavy (non-hydrogen) atoms. The van der Waals surface area contributed by atoms with E-state index in [9.17, 15) is 17.2 Å². The average molecular weight is 570 g/mol. The molecule has 202 valence electrons. The third-order valence-electron chi connectivity index (χ3n) is 6.88. The van der Waals surface area contributed by atoms with Gasteiger partial charge in [0.05, 0.1) is 15.6 Å². The highest BCUT2D eigenvalue weighted by Gasteiger charge is 2.32. The van der Waals surface area contributed by atoms with Crippen molar-refractivity contribution in [1.82, 2.24) is 14.3 Å². The van der Waals surface area contributed by atoms with Crippen LogP contribution in [-0.4, -0.2) is 35.8 Å². The third kappa shape index (κ3) is 6.09. The Kier molecular flexibility index (Phi) is 7.90. The first-order valence-corrected chi connectivity index (χ1v) is 14.2. The van der Waals surface area contributed by atoms with E-state index in [0.717, 1.165) is 5.56 Å². The lowest BCUT2D eigenvalue weighted by molar-refractivity contribution is 0.245. The lowest BCUT2D eigenvalue weighted by Gasteiger charge is -2.34. The van der Waals surface area contributed by atoms with Crippen molar-refractivity contribution in [2.45, 2.75) is 23.8 Å². The third-order valence-corrected chi connectivity index (χ3v) is 9.08. The molecule has 0 radical (unpaired) electrons. The second kappa shape index (κ2) is 11.4. The van der Waals surface area contributed by atoms with Gasteiger partial charge in [-0.25, -0.2) is 27.2 Å². The maximum Gasteiger partial charge on any atom is 0.243 e. The van der Waals surface area contributed by atoms with Gasteiger partial charge in [-0.3, -0.25) is 0 Å². The van der Waals surface area contributed by atoms with Crippen molar-refractivity contribution in [3.8, 4) is 11.3 Å². The number of nitrogens with one attached hydrogen (secondary N) is 1. The van der Waals surface area contributed by atoms with Gasteiger partial charge in [-0.15, -0.1) is 0 Å². The number of piperidine rings is 1. The summed E-state index contributed by atoms with van der Waals surface area (Å²) in [5.74, 6) is -0.427. The van der Waals surface area contributed by atoms with E-state index in [-0.39, 0.29) is 27.7 Å². The van der Waals surface area contributed by atoms with Crippen molar-refractivity contribution >= 4 is 33.3 Å². The summed E-state index contributed by atoms with van der Waals surface area (Å²) in [5.41, 5.74) is 9.03. The van der Waals surface area contributed by atoms with Crippen LogP contribution in [0.1, 0.15) is 24.4 Å². The number of nitrogens with zero attached hydrogens (tertiary/aromatic N) is 3. The smallest absolute Gasteiger partial charge is 0.243 e. The monoisotopic (exact) mass is 569 g/mol. The maximum atomic E-state index is 13.5. The highest BCUT2D eigenvalue weighted by Crippen LogP contribution is 2.32. The zero-order valence-corrected chi connectivity index (χ0v) is 22.3. The number of anilines is 2. The van der Waals surface area contributed by atoms with E-state index in [4.69, 9.17) is 17.3 Å². The van der Waals surface area contributed by atoms with Gasteiger partial charge in [-0.1, -0.05) is 23.7 Å². The van der Waals surface area contributed by atoms with Crippen LogP contribution in [0.4, 0.5) is 20.4 Å². The molecule has 4 aromatic rings. The topological polar surface area (TPSA) is 101 Å². The summed E-state index contributed by atoms with van der Waals surface area (Å²) in [6.45, 7) is 0.714. The molecular weight excluding hydrogens is 544 g/mol. The molecule has 1 aromatic heterocycles. The minimum Gasteiger partial charge on any atom is -0.324 e. The summed E-state index contributed by atoms with van der Waals surface area (Å²) in [4.78, 5) is 8.84. The summed E-state index contributed by atoms with van der Waals surface area (Å²) in [5, 5.41) is 3.06. The number of nitrogens with two attached hydrogens (primary N) is 1. The van der Waals surface area contributed by atoms with Gasteiger partial charge < -0.3 is 11.1 Å². The molecule has 1 aliphatic heterocycles. The van der Waals surface area contributed by atoms with E-state index in [2.05, 4.69) is 15.3 Å². The van der Waals surface area contributed by atoms with Gasteiger partial charge >= 0.3 is 0 Å². The summed E-state index contributed by atoms with van der Waals surface area (Å²) in [6, 6.07) is 18.2. The van der Waals surface area contributed by atoms with Gasteiger partial charge in [0.15, 0.2) is 0 Å². The van der Waals surface area contributed by atoms with Crippen molar-refractivity contribution in [3.63, 3.8) is 0 Å². The fourth-order valence-electron chi connectivity index (χ4n) is 4.66. The SMILES string of the molecule is N[C@H](c1ccc(F)cc1)C1CCN(S(=O)(=O)c2ccc(Nc3nccc(-c4ccc(F)c(Cl)c4)n3)cc2)CC1. The number of benzene rings is 3. The molecule has 1 atom stereocenters. The van der Waals surface area contributed by atoms with Gasteiger partial charge in [0.2, 0.25) is 16.0 Å². The largest absolute Gasteiger partial charge is 0.324 e. The van der Waals surface area contributed by atoms with Gasteiger partial charge in [-0.05, 0) is 85.0 Å². The molecule has 0 saturated carbocycles. The Hall–Kier alpha value is -3.44. The number of sulfonamides is 1. The Morgan fingerprint density at radius 3 is 2.33 bits per heavy atom. The van der Waals surface area contributed by atoms with E-state index < -0.39 is 15.8 Å². The number of aromatic nitrogens is 2. The van der Waals surface area contributed by atoms with Crippen molar-refractivity contribution < 1.29 is 17.2 Å². The molecule has 11 heteroatoms. The van der Waals surface area contributed by atoms with Crippen LogP contribution >= 0.6 is 11.6 Å². The standard InChI is InChI=1S/C28H26ClF2N5O2S/c29-24-17-20(3-10-25(24)31)26-11-14-33-28(35-26)34-22-6-8-23(9-7-22)39(37,38)36-15-12-19(13-16-36)27(32)18-1-4-21(30)5-2-18/h1-11,14,17,19,27H,12-13,15-16,32H2,(H,33,34,35)/t27-/m1/s1. The molecule has 2 heterocycles. The molecule has 3 aromatic carbocycles. The fourth-order valence-corrected chi connectivity index (χ4v) is 6.31. The molecule has 1 fully saturated rings. The summed E-state index contributed by atoms with van der Waals surface area (Å²) in [7, 11) is -3.68. The first-order chi connectivity index (χ1) is 18.7. The molecule has 0 unspecified atom stereocenters.